The van der Waals surface area contributed by atoms with Gasteiger partial charge < -0.3 is 20.7 Å². The highest BCUT2D eigenvalue weighted by atomic mass is 35.5. The second-order valence-electron chi connectivity index (χ2n) is 10.3. The molecule has 3 rings (SSSR count). The molecule has 2 aromatic rings. The minimum atomic E-state index is -0.242. The summed E-state index contributed by atoms with van der Waals surface area (Å²) in [6.07, 6.45) is 4.06. The van der Waals surface area contributed by atoms with Gasteiger partial charge >= 0.3 is 0 Å². The topological polar surface area (TPSA) is 84.7 Å². The van der Waals surface area contributed by atoms with Crippen LogP contribution in [-0.2, 0) is 11.3 Å². The number of carbonyl (C=O) groups is 2. The van der Waals surface area contributed by atoms with Crippen molar-refractivity contribution in [3.05, 3.63) is 58.6 Å². The van der Waals surface area contributed by atoms with Gasteiger partial charge in [0, 0.05) is 41.3 Å². The summed E-state index contributed by atoms with van der Waals surface area (Å²) in [6, 6.07) is 12.7. The highest BCUT2D eigenvalue weighted by Crippen LogP contribution is 2.30. The van der Waals surface area contributed by atoms with E-state index in [0.29, 0.717) is 35.0 Å². The van der Waals surface area contributed by atoms with Crippen molar-refractivity contribution in [3.8, 4) is 5.75 Å². The molecule has 0 aromatic heterocycles. The highest BCUT2D eigenvalue weighted by Gasteiger charge is 2.30. The number of methoxy groups -OCH3 is 1. The number of hydrogen-bond acceptors (Lipinski definition) is 4. The number of halogens is 1. The second-order valence-corrected chi connectivity index (χ2v) is 10.7. The van der Waals surface area contributed by atoms with Crippen LogP contribution in [0.2, 0.25) is 5.02 Å². The van der Waals surface area contributed by atoms with Crippen LogP contribution in [0.3, 0.4) is 0 Å². The lowest BCUT2D eigenvalue weighted by atomic mass is 9.88. The SMILES string of the molecule is COc1cccc(C(=O)Nc2ccc(Cl)c(CN(C(=O)CC(C)(C)C)C3CCC(N)CC3)c2)c1. The maximum atomic E-state index is 13.3. The van der Waals surface area contributed by atoms with Crippen molar-refractivity contribution in [1.29, 1.82) is 0 Å². The van der Waals surface area contributed by atoms with Crippen molar-refractivity contribution < 1.29 is 14.3 Å². The molecule has 1 fully saturated rings. The van der Waals surface area contributed by atoms with E-state index in [0.717, 1.165) is 31.2 Å². The van der Waals surface area contributed by atoms with Crippen molar-refractivity contribution in [3.63, 3.8) is 0 Å². The fourth-order valence-electron chi connectivity index (χ4n) is 4.31. The number of nitrogens with two attached hydrogens (primary N) is 1. The minimum absolute atomic E-state index is 0.114. The number of hydrogen-bond donors (Lipinski definition) is 2. The summed E-state index contributed by atoms with van der Waals surface area (Å²) in [4.78, 5) is 28.1. The first-order chi connectivity index (χ1) is 16.1. The maximum Gasteiger partial charge on any atom is 0.255 e. The molecule has 7 heteroatoms. The van der Waals surface area contributed by atoms with Crippen LogP contribution in [0.1, 0.15) is 68.8 Å². The van der Waals surface area contributed by atoms with Crippen LogP contribution in [0.5, 0.6) is 5.75 Å². The van der Waals surface area contributed by atoms with Gasteiger partial charge in [-0.2, -0.15) is 0 Å². The van der Waals surface area contributed by atoms with Crippen molar-refractivity contribution in [2.75, 3.05) is 12.4 Å². The lowest BCUT2D eigenvalue weighted by molar-refractivity contribution is -0.137. The molecule has 1 aliphatic carbocycles. The molecule has 0 saturated heterocycles. The molecular formula is C27H36ClN3O3. The molecular weight excluding hydrogens is 450 g/mol. The number of amides is 2. The molecule has 0 spiro atoms. The second kappa shape index (κ2) is 11.2. The lowest BCUT2D eigenvalue weighted by Gasteiger charge is -2.37. The van der Waals surface area contributed by atoms with Gasteiger partial charge in [-0.3, -0.25) is 9.59 Å². The van der Waals surface area contributed by atoms with Gasteiger partial charge in [-0.25, -0.2) is 0 Å². The molecule has 2 amide bonds. The maximum absolute atomic E-state index is 13.3. The zero-order chi connectivity index (χ0) is 24.9. The number of benzene rings is 2. The largest absolute Gasteiger partial charge is 0.497 e. The normalized spacial score (nSPS) is 18.3. The lowest BCUT2D eigenvalue weighted by Crippen LogP contribution is -2.44. The van der Waals surface area contributed by atoms with Gasteiger partial charge in [0.2, 0.25) is 5.91 Å². The highest BCUT2D eigenvalue weighted by molar-refractivity contribution is 6.31. The van der Waals surface area contributed by atoms with Gasteiger partial charge in [-0.15, -0.1) is 0 Å². The number of carbonyl (C=O) groups excluding carboxylic acids is 2. The fraction of sp³-hybridized carbons (Fsp3) is 0.481. The Kier molecular flexibility index (Phi) is 8.61. The molecule has 0 bridgehead atoms. The van der Waals surface area contributed by atoms with Crippen molar-refractivity contribution in [1.82, 2.24) is 4.90 Å². The molecule has 1 aliphatic rings. The summed E-state index contributed by atoms with van der Waals surface area (Å²) in [5.74, 6) is 0.494. The molecule has 34 heavy (non-hydrogen) atoms. The van der Waals surface area contributed by atoms with Crippen LogP contribution in [0.25, 0.3) is 0 Å². The number of anilines is 1. The molecule has 3 N–H and O–H groups in total. The van der Waals surface area contributed by atoms with Gasteiger partial charge in [0.15, 0.2) is 0 Å². The summed E-state index contributed by atoms with van der Waals surface area (Å²) in [5, 5.41) is 3.50. The van der Waals surface area contributed by atoms with Gasteiger partial charge in [0.05, 0.1) is 7.11 Å². The van der Waals surface area contributed by atoms with Crippen molar-refractivity contribution in [2.24, 2.45) is 11.1 Å². The van der Waals surface area contributed by atoms with Crippen LogP contribution in [-0.4, -0.2) is 35.9 Å². The van der Waals surface area contributed by atoms with Crippen LogP contribution < -0.4 is 15.8 Å². The monoisotopic (exact) mass is 485 g/mol. The summed E-state index contributed by atoms with van der Waals surface area (Å²) in [7, 11) is 1.56. The molecule has 0 heterocycles. The summed E-state index contributed by atoms with van der Waals surface area (Å²) in [5.41, 5.74) is 7.93. The van der Waals surface area contributed by atoms with E-state index in [1.165, 1.54) is 0 Å². The third-order valence-corrected chi connectivity index (χ3v) is 6.53. The Bertz CT molecular complexity index is 1010. The molecule has 1 saturated carbocycles. The molecule has 184 valence electrons. The zero-order valence-electron chi connectivity index (χ0n) is 20.6. The van der Waals surface area contributed by atoms with Crippen LogP contribution in [0.4, 0.5) is 5.69 Å². The van der Waals surface area contributed by atoms with E-state index in [4.69, 9.17) is 22.1 Å². The van der Waals surface area contributed by atoms with Gasteiger partial charge in [0.25, 0.3) is 5.91 Å². The minimum Gasteiger partial charge on any atom is -0.497 e. The molecule has 0 unspecified atom stereocenters. The Morgan fingerprint density at radius 3 is 2.47 bits per heavy atom. The van der Waals surface area contributed by atoms with Gasteiger partial charge in [-0.1, -0.05) is 38.4 Å². The number of rotatable bonds is 7. The Morgan fingerprint density at radius 2 is 1.82 bits per heavy atom. The standard InChI is InChI=1S/C27H36ClN3O3/c1-27(2,3)16-25(32)31(22-11-8-20(29)9-12-22)17-19-14-21(10-13-24(19)28)30-26(33)18-6-5-7-23(15-18)34-4/h5-7,10,13-15,20,22H,8-9,11-12,16-17,29H2,1-4H3,(H,30,33). The van der Waals surface area contributed by atoms with E-state index in [1.807, 2.05) is 11.0 Å². The smallest absolute Gasteiger partial charge is 0.255 e. The molecule has 0 atom stereocenters. The average molecular weight is 486 g/mol. The zero-order valence-corrected chi connectivity index (χ0v) is 21.3. The van der Waals surface area contributed by atoms with Crippen molar-refractivity contribution >= 4 is 29.1 Å². The van der Waals surface area contributed by atoms with E-state index in [2.05, 4.69) is 26.1 Å². The predicted octanol–water partition coefficient (Wildman–Crippen LogP) is 5.64. The number of ether oxygens (including phenoxy) is 1. The number of nitrogens with one attached hydrogen (secondary N) is 1. The first-order valence-corrected chi connectivity index (χ1v) is 12.2. The van der Waals surface area contributed by atoms with E-state index >= 15 is 0 Å². The average Bonchev–Trinajstić information content (AvgIpc) is 2.79. The Morgan fingerprint density at radius 1 is 1.12 bits per heavy atom. The van der Waals surface area contributed by atoms with Crippen LogP contribution in [0.15, 0.2) is 42.5 Å². The van der Waals surface area contributed by atoms with Gasteiger partial charge in [0.1, 0.15) is 5.75 Å². The van der Waals surface area contributed by atoms with Crippen LogP contribution in [0, 0.1) is 5.41 Å². The van der Waals surface area contributed by atoms with E-state index in [1.54, 1.807) is 43.5 Å². The van der Waals surface area contributed by atoms with Gasteiger partial charge in [-0.05, 0) is 73.1 Å². The quantitative estimate of drug-likeness (QED) is 0.531. The predicted molar refractivity (Wildman–Crippen MR) is 137 cm³/mol. The van der Waals surface area contributed by atoms with E-state index < -0.39 is 0 Å². The Labute approximate surface area is 207 Å². The summed E-state index contributed by atoms with van der Waals surface area (Å²) in [6.45, 7) is 6.61. The van der Waals surface area contributed by atoms with E-state index in [9.17, 15) is 9.59 Å². The summed E-state index contributed by atoms with van der Waals surface area (Å²) >= 11 is 6.55. The first-order valence-electron chi connectivity index (χ1n) is 11.8. The molecule has 6 nitrogen and oxygen atoms in total. The third-order valence-electron chi connectivity index (χ3n) is 6.16. The molecule has 0 radical (unpaired) electrons. The van der Waals surface area contributed by atoms with E-state index in [-0.39, 0.29) is 29.3 Å². The fourth-order valence-corrected chi connectivity index (χ4v) is 4.49. The first kappa shape index (κ1) is 26.0. The van der Waals surface area contributed by atoms with Crippen LogP contribution >= 0.6 is 11.6 Å². The molecule has 2 aromatic carbocycles. The third kappa shape index (κ3) is 7.21. The number of nitrogens with zero attached hydrogens (tertiary/aromatic N) is 1. The Hall–Kier alpha value is -2.57. The Balaban J connectivity index is 1.81. The van der Waals surface area contributed by atoms with Crippen molar-refractivity contribution in [2.45, 2.75) is 71.5 Å². The molecule has 0 aliphatic heterocycles. The summed E-state index contributed by atoms with van der Waals surface area (Å²) < 4.78 is 5.21.